The molecular weight excluding hydrogens is 390 g/mol. The molecule has 3 aromatic rings. The fraction of sp³-hybridized carbons (Fsp3) is 0.250. The van der Waals surface area contributed by atoms with Gasteiger partial charge < -0.3 is 25.9 Å². The van der Waals surface area contributed by atoms with Crippen molar-refractivity contribution in [3.8, 4) is 0 Å². The summed E-state index contributed by atoms with van der Waals surface area (Å²) in [6, 6.07) is 7.71. The number of aromatic amines is 2. The first-order valence-electron chi connectivity index (χ1n) is 10.7. The second kappa shape index (κ2) is 7.83. The molecule has 1 fully saturated rings. The second-order valence-corrected chi connectivity index (χ2v) is 8.04. The van der Waals surface area contributed by atoms with Crippen molar-refractivity contribution in [2.75, 3.05) is 5.32 Å². The van der Waals surface area contributed by atoms with Crippen LogP contribution in [0.15, 0.2) is 55.0 Å². The number of aromatic nitrogens is 2. The minimum absolute atomic E-state index is 0.0999. The van der Waals surface area contributed by atoms with Crippen LogP contribution >= 0.6 is 0 Å². The second-order valence-electron chi connectivity index (χ2n) is 8.04. The predicted octanol–water partition coefficient (Wildman–Crippen LogP) is 3.66. The minimum Gasteiger partial charge on any atom is -0.368 e. The number of carbonyl (C=O) groups excluding carboxylic acids is 2. The van der Waals surface area contributed by atoms with Gasteiger partial charge in [0.25, 0.3) is 5.91 Å². The van der Waals surface area contributed by atoms with Gasteiger partial charge in [0.1, 0.15) is 11.9 Å². The molecule has 7 nitrogen and oxygen atoms in total. The van der Waals surface area contributed by atoms with Crippen molar-refractivity contribution in [2.24, 2.45) is 5.92 Å². The highest BCUT2D eigenvalue weighted by atomic mass is 16.2. The highest BCUT2D eigenvalue weighted by Crippen LogP contribution is 2.32. The van der Waals surface area contributed by atoms with Crippen LogP contribution in [-0.2, 0) is 11.2 Å². The van der Waals surface area contributed by atoms with Crippen molar-refractivity contribution in [1.82, 2.24) is 20.6 Å². The van der Waals surface area contributed by atoms with Gasteiger partial charge in [0.2, 0.25) is 5.91 Å². The third-order valence-corrected chi connectivity index (χ3v) is 5.80. The van der Waals surface area contributed by atoms with Crippen molar-refractivity contribution >= 4 is 34.0 Å². The number of benzene rings is 1. The highest BCUT2D eigenvalue weighted by molar-refractivity contribution is 6.09. The predicted molar refractivity (Wildman–Crippen MR) is 121 cm³/mol. The minimum atomic E-state index is -0.235. The molecule has 1 atom stereocenters. The van der Waals surface area contributed by atoms with E-state index in [2.05, 4.69) is 32.8 Å². The normalized spacial score (nSPS) is 17.8. The van der Waals surface area contributed by atoms with Crippen molar-refractivity contribution in [2.45, 2.75) is 32.4 Å². The van der Waals surface area contributed by atoms with E-state index in [1.165, 1.54) is 0 Å². The van der Waals surface area contributed by atoms with Gasteiger partial charge in [0.15, 0.2) is 0 Å². The summed E-state index contributed by atoms with van der Waals surface area (Å²) in [6.45, 7) is 2.05. The maximum atomic E-state index is 12.7. The summed E-state index contributed by atoms with van der Waals surface area (Å²) < 4.78 is 0. The lowest BCUT2D eigenvalue weighted by molar-refractivity contribution is -0.122. The molecule has 1 aliphatic heterocycles. The average molecular weight is 415 g/mol. The van der Waals surface area contributed by atoms with Crippen LogP contribution < -0.4 is 16.0 Å². The number of dihydropyridines is 1. The smallest absolute Gasteiger partial charge is 0.272 e. The van der Waals surface area contributed by atoms with E-state index in [-0.39, 0.29) is 23.9 Å². The Bertz CT molecular complexity index is 1210. The molecule has 5 rings (SSSR count). The first-order valence-corrected chi connectivity index (χ1v) is 10.7. The number of para-hydroxylation sites is 1. The Kier molecular flexibility index (Phi) is 4.86. The van der Waals surface area contributed by atoms with Crippen LogP contribution in [0.1, 0.15) is 41.4 Å². The summed E-state index contributed by atoms with van der Waals surface area (Å²) >= 11 is 0. The van der Waals surface area contributed by atoms with Crippen LogP contribution in [-0.4, -0.2) is 27.9 Å². The Morgan fingerprint density at radius 2 is 2.03 bits per heavy atom. The molecule has 1 saturated carbocycles. The molecular formula is C24H25N5O2. The van der Waals surface area contributed by atoms with Gasteiger partial charge in [-0.05, 0) is 60.9 Å². The number of hydrogen-bond donors (Lipinski definition) is 5. The molecule has 7 heteroatoms. The molecule has 0 spiro atoms. The van der Waals surface area contributed by atoms with E-state index in [4.69, 9.17) is 0 Å². The molecule has 1 aromatic carbocycles. The number of rotatable bonds is 6. The molecule has 2 amide bonds. The maximum Gasteiger partial charge on any atom is 0.272 e. The van der Waals surface area contributed by atoms with E-state index >= 15 is 0 Å². The highest BCUT2D eigenvalue weighted by Gasteiger charge is 2.30. The lowest BCUT2D eigenvalue weighted by Gasteiger charge is -2.20. The molecule has 0 radical (unpaired) electrons. The molecule has 2 aliphatic rings. The third kappa shape index (κ3) is 3.86. The van der Waals surface area contributed by atoms with Gasteiger partial charge >= 0.3 is 0 Å². The fourth-order valence-corrected chi connectivity index (χ4v) is 3.87. The van der Waals surface area contributed by atoms with E-state index in [0.717, 1.165) is 52.6 Å². The average Bonchev–Trinajstić information content (AvgIpc) is 3.36. The first-order chi connectivity index (χ1) is 15.1. The molecule has 0 saturated heterocycles. The van der Waals surface area contributed by atoms with Gasteiger partial charge in [0, 0.05) is 29.3 Å². The van der Waals surface area contributed by atoms with Crippen LogP contribution in [0.2, 0.25) is 0 Å². The molecule has 3 heterocycles. The van der Waals surface area contributed by atoms with Gasteiger partial charge in [-0.3, -0.25) is 9.59 Å². The molecule has 2 aromatic heterocycles. The molecule has 0 bridgehead atoms. The van der Waals surface area contributed by atoms with Crippen LogP contribution in [0.5, 0.6) is 0 Å². The standard InChI is InChI=1S/C24H25N5O2/c1-2-14-10-20(26-12-14)24(31)28-19-5-3-4-17-18(13-27-22(17)19)16-8-9-25-21(11-16)29-23(30)15-6-7-15/h3-5,8-13,15,21,25-27H,2,6-7H2,1H3,(H,28,31)(H,29,30). The van der Waals surface area contributed by atoms with Crippen LogP contribution in [0, 0.1) is 5.92 Å². The van der Waals surface area contributed by atoms with Crippen molar-refractivity contribution in [3.05, 3.63) is 71.8 Å². The molecule has 31 heavy (non-hydrogen) atoms. The molecule has 1 unspecified atom stereocenters. The Balaban J connectivity index is 1.39. The third-order valence-electron chi connectivity index (χ3n) is 5.80. The summed E-state index contributed by atoms with van der Waals surface area (Å²) in [7, 11) is 0. The van der Waals surface area contributed by atoms with Crippen molar-refractivity contribution in [1.29, 1.82) is 0 Å². The Labute approximate surface area is 180 Å². The zero-order valence-electron chi connectivity index (χ0n) is 17.3. The SMILES string of the molecule is CCc1c[nH]c(C(=O)Nc2cccc3c(C4=CC(NC(=O)C5CC5)NC=C4)c[nH]c23)c1. The van der Waals surface area contributed by atoms with Crippen molar-refractivity contribution < 1.29 is 9.59 Å². The maximum absolute atomic E-state index is 12.7. The van der Waals surface area contributed by atoms with Gasteiger partial charge in [-0.15, -0.1) is 0 Å². The number of nitrogens with one attached hydrogen (secondary N) is 5. The quantitative estimate of drug-likeness (QED) is 0.425. The molecule has 5 N–H and O–H groups in total. The lowest BCUT2D eigenvalue weighted by atomic mass is 10.0. The summed E-state index contributed by atoms with van der Waals surface area (Å²) in [4.78, 5) is 31.1. The van der Waals surface area contributed by atoms with Gasteiger partial charge in [-0.2, -0.15) is 0 Å². The fourth-order valence-electron chi connectivity index (χ4n) is 3.87. The number of hydrogen-bond acceptors (Lipinski definition) is 3. The van der Waals surface area contributed by atoms with Gasteiger partial charge in [-0.25, -0.2) is 0 Å². The van der Waals surface area contributed by atoms with E-state index in [1.807, 2.05) is 55.0 Å². The number of allylic oxidation sites excluding steroid dienone is 2. The topological polar surface area (TPSA) is 102 Å². The van der Waals surface area contributed by atoms with Crippen LogP contribution in [0.4, 0.5) is 5.69 Å². The van der Waals surface area contributed by atoms with Crippen molar-refractivity contribution in [3.63, 3.8) is 0 Å². The summed E-state index contributed by atoms with van der Waals surface area (Å²) in [5, 5.41) is 10.2. The Morgan fingerprint density at radius 1 is 1.16 bits per heavy atom. The zero-order valence-corrected chi connectivity index (χ0v) is 17.3. The Hall–Kier alpha value is -3.74. The summed E-state index contributed by atoms with van der Waals surface area (Å²) in [6.07, 6.45) is 12.2. The summed E-state index contributed by atoms with van der Waals surface area (Å²) in [5.74, 6) is 0.0898. The van der Waals surface area contributed by atoms with Crippen LogP contribution in [0.3, 0.4) is 0 Å². The van der Waals surface area contributed by atoms with E-state index in [1.54, 1.807) is 0 Å². The number of aryl methyl sites for hydroxylation is 1. The monoisotopic (exact) mass is 415 g/mol. The number of fused-ring (bicyclic) bond motifs is 1. The zero-order chi connectivity index (χ0) is 21.4. The number of H-pyrrole nitrogens is 2. The summed E-state index contributed by atoms with van der Waals surface area (Å²) in [5.41, 5.74) is 5.24. The van der Waals surface area contributed by atoms with E-state index in [9.17, 15) is 9.59 Å². The number of anilines is 1. The number of amides is 2. The number of carbonyl (C=O) groups is 2. The lowest BCUT2D eigenvalue weighted by Crippen LogP contribution is -2.43. The first kappa shape index (κ1) is 19.2. The van der Waals surface area contributed by atoms with E-state index < -0.39 is 0 Å². The van der Waals surface area contributed by atoms with Gasteiger partial charge in [0.05, 0.1) is 11.2 Å². The van der Waals surface area contributed by atoms with Gasteiger partial charge in [-0.1, -0.05) is 19.1 Å². The van der Waals surface area contributed by atoms with E-state index in [0.29, 0.717) is 5.69 Å². The molecule has 158 valence electrons. The van der Waals surface area contributed by atoms with Crippen LogP contribution in [0.25, 0.3) is 16.5 Å². The molecule has 1 aliphatic carbocycles. The largest absolute Gasteiger partial charge is 0.368 e. The Morgan fingerprint density at radius 3 is 2.81 bits per heavy atom.